The van der Waals surface area contributed by atoms with Crippen LogP contribution in [0, 0.1) is 6.92 Å². The number of hydrogen-bond donors (Lipinski definition) is 1. The first-order valence-corrected chi connectivity index (χ1v) is 11.0. The van der Waals surface area contributed by atoms with Crippen LogP contribution in [-0.2, 0) is 19.5 Å². The summed E-state index contributed by atoms with van der Waals surface area (Å²) in [6.45, 7) is 2.23. The molecule has 0 saturated heterocycles. The highest BCUT2D eigenvalue weighted by Gasteiger charge is 2.34. The van der Waals surface area contributed by atoms with E-state index in [9.17, 15) is 18.0 Å². The van der Waals surface area contributed by atoms with E-state index in [4.69, 9.17) is 4.74 Å². The van der Waals surface area contributed by atoms with E-state index in [2.05, 4.69) is 15.5 Å². The van der Waals surface area contributed by atoms with Gasteiger partial charge in [-0.1, -0.05) is 42.5 Å². The molecule has 0 aliphatic carbocycles. The Morgan fingerprint density at radius 3 is 2.40 bits per heavy atom. The standard InChI is InChI=1S/C25H24F3N5O2/c1-18-16-23(25(26,27)28)31-33(18)14-5-13-29-24(34)22-12-15-32(30-22)17-35-21-10-8-20(9-11-21)19-6-3-2-4-7-19/h2-4,6-12,15-16H,5,13-14,17H2,1H3,(H,29,34). The number of carbonyl (C=O) groups is 1. The van der Waals surface area contributed by atoms with Gasteiger partial charge in [-0.2, -0.15) is 23.4 Å². The van der Waals surface area contributed by atoms with Crippen LogP contribution in [-0.4, -0.2) is 32.0 Å². The Morgan fingerprint density at radius 2 is 1.71 bits per heavy atom. The molecular formula is C25H24F3N5O2. The van der Waals surface area contributed by atoms with Crippen LogP contribution >= 0.6 is 0 Å². The summed E-state index contributed by atoms with van der Waals surface area (Å²) in [5, 5.41) is 10.5. The minimum atomic E-state index is -4.47. The first kappa shape index (κ1) is 24.1. The Hall–Kier alpha value is -4.08. The van der Waals surface area contributed by atoms with Gasteiger partial charge in [-0.25, -0.2) is 4.68 Å². The van der Waals surface area contributed by atoms with Gasteiger partial charge in [0, 0.05) is 25.0 Å². The Morgan fingerprint density at radius 1 is 1.00 bits per heavy atom. The molecule has 182 valence electrons. The molecule has 2 aromatic heterocycles. The van der Waals surface area contributed by atoms with Crippen LogP contribution in [0.15, 0.2) is 72.9 Å². The highest BCUT2D eigenvalue weighted by molar-refractivity contribution is 5.92. The van der Waals surface area contributed by atoms with Gasteiger partial charge < -0.3 is 10.1 Å². The molecule has 0 spiro atoms. The minimum Gasteiger partial charge on any atom is -0.471 e. The second kappa shape index (κ2) is 10.5. The van der Waals surface area contributed by atoms with E-state index in [1.165, 1.54) is 9.36 Å². The molecule has 0 aliphatic rings. The number of amides is 1. The van der Waals surface area contributed by atoms with E-state index < -0.39 is 11.9 Å². The molecule has 0 fully saturated rings. The number of halogens is 3. The fourth-order valence-electron chi connectivity index (χ4n) is 3.47. The molecule has 35 heavy (non-hydrogen) atoms. The van der Waals surface area contributed by atoms with Crippen molar-refractivity contribution < 1.29 is 22.7 Å². The zero-order chi connectivity index (χ0) is 24.8. The second-order valence-electron chi connectivity index (χ2n) is 7.91. The van der Waals surface area contributed by atoms with Crippen molar-refractivity contribution in [2.24, 2.45) is 0 Å². The van der Waals surface area contributed by atoms with Crippen molar-refractivity contribution in [3.63, 3.8) is 0 Å². The summed E-state index contributed by atoms with van der Waals surface area (Å²) >= 11 is 0. The summed E-state index contributed by atoms with van der Waals surface area (Å²) < 4.78 is 46.8. The third kappa shape index (κ3) is 6.28. The predicted octanol–water partition coefficient (Wildman–Crippen LogP) is 4.93. The number of aryl methyl sites for hydroxylation is 2. The highest BCUT2D eigenvalue weighted by atomic mass is 19.4. The van der Waals surface area contributed by atoms with E-state index in [1.54, 1.807) is 19.2 Å². The topological polar surface area (TPSA) is 74.0 Å². The monoisotopic (exact) mass is 483 g/mol. The largest absolute Gasteiger partial charge is 0.471 e. The van der Waals surface area contributed by atoms with E-state index in [-0.39, 0.29) is 31.4 Å². The van der Waals surface area contributed by atoms with Crippen LogP contribution < -0.4 is 10.1 Å². The lowest BCUT2D eigenvalue weighted by Crippen LogP contribution is -2.26. The number of nitrogens with zero attached hydrogens (tertiary/aromatic N) is 4. The van der Waals surface area contributed by atoms with Crippen LogP contribution in [0.3, 0.4) is 0 Å². The predicted molar refractivity (Wildman–Crippen MR) is 124 cm³/mol. The molecule has 4 aromatic rings. The Labute approximate surface area is 200 Å². The van der Waals surface area contributed by atoms with Crippen molar-refractivity contribution >= 4 is 5.91 Å². The Bertz CT molecular complexity index is 1260. The van der Waals surface area contributed by atoms with Gasteiger partial charge in [0.25, 0.3) is 5.91 Å². The number of rotatable bonds is 9. The van der Waals surface area contributed by atoms with E-state index in [0.717, 1.165) is 17.2 Å². The van der Waals surface area contributed by atoms with E-state index in [1.807, 2.05) is 54.6 Å². The van der Waals surface area contributed by atoms with Crippen molar-refractivity contribution in [1.29, 1.82) is 0 Å². The number of hydrogen-bond acceptors (Lipinski definition) is 4. The van der Waals surface area contributed by atoms with Crippen molar-refractivity contribution in [3.8, 4) is 16.9 Å². The molecule has 0 aliphatic heterocycles. The zero-order valence-electron chi connectivity index (χ0n) is 19.0. The third-order valence-electron chi connectivity index (χ3n) is 5.30. The van der Waals surface area contributed by atoms with Crippen molar-refractivity contribution in [3.05, 3.63) is 90.0 Å². The quantitative estimate of drug-likeness (QED) is 0.343. The number of ether oxygens (including phenoxy) is 1. The van der Waals surface area contributed by atoms with Crippen molar-refractivity contribution in [2.75, 3.05) is 6.54 Å². The van der Waals surface area contributed by atoms with Crippen LogP contribution in [0.4, 0.5) is 13.2 Å². The molecule has 2 heterocycles. The molecule has 2 aromatic carbocycles. The first-order chi connectivity index (χ1) is 16.8. The SMILES string of the molecule is Cc1cc(C(F)(F)F)nn1CCCNC(=O)c1ccn(COc2ccc(-c3ccccc3)cc2)n1. The van der Waals surface area contributed by atoms with E-state index in [0.29, 0.717) is 17.9 Å². The Kier molecular flexibility index (Phi) is 7.19. The molecule has 1 amide bonds. The van der Waals surface area contributed by atoms with Gasteiger partial charge in [0.15, 0.2) is 12.4 Å². The summed E-state index contributed by atoms with van der Waals surface area (Å²) in [6, 6.07) is 20.3. The van der Waals surface area contributed by atoms with Crippen molar-refractivity contribution in [1.82, 2.24) is 24.9 Å². The molecule has 0 atom stereocenters. The first-order valence-electron chi connectivity index (χ1n) is 11.0. The van der Waals surface area contributed by atoms with Gasteiger partial charge in [0.05, 0.1) is 0 Å². The summed E-state index contributed by atoms with van der Waals surface area (Å²) in [5.41, 5.74) is 1.92. The molecule has 7 nitrogen and oxygen atoms in total. The average Bonchev–Trinajstić information content (AvgIpc) is 3.48. The minimum absolute atomic E-state index is 0.137. The maximum Gasteiger partial charge on any atom is 0.435 e. The summed E-state index contributed by atoms with van der Waals surface area (Å²) in [4.78, 5) is 12.3. The third-order valence-corrected chi connectivity index (χ3v) is 5.30. The molecule has 1 N–H and O–H groups in total. The van der Waals surface area contributed by atoms with Gasteiger partial charge in [-0.3, -0.25) is 9.48 Å². The average molecular weight is 483 g/mol. The van der Waals surface area contributed by atoms with Gasteiger partial charge in [-0.05, 0) is 48.7 Å². The smallest absolute Gasteiger partial charge is 0.435 e. The highest BCUT2D eigenvalue weighted by Crippen LogP contribution is 2.28. The molecule has 0 saturated carbocycles. The molecular weight excluding hydrogens is 459 g/mol. The second-order valence-corrected chi connectivity index (χ2v) is 7.91. The maximum atomic E-state index is 12.7. The van der Waals surface area contributed by atoms with Crippen LogP contribution in [0.1, 0.15) is 28.3 Å². The van der Waals surface area contributed by atoms with Crippen LogP contribution in [0.5, 0.6) is 5.75 Å². The zero-order valence-corrected chi connectivity index (χ0v) is 19.0. The molecule has 0 bridgehead atoms. The van der Waals surface area contributed by atoms with Gasteiger partial charge in [0.1, 0.15) is 11.4 Å². The molecule has 0 unspecified atom stereocenters. The summed E-state index contributed by atoms with van der Waals surface area (Å²) in [6.07, 6.45) is -2.41. The van der Waals surface area contributed by atoms with Crippen LogP contribution in [0.2, 0.25) is 0 Å². The van der Waals surface area contributed by atoms with E-state index >= 15 is 0 Å². The van der Waals surface area contributed by atoms with Crippen molar-refractivity contribution in [2.45, 2.75) is 32.8 Å². The molecule has 4 rings (SSSR count). The number of nitrogens with one attached hydrogen (secondary N) is 1. The van der Waals surface area contributed by atoms with Crippen LogP contribution in [0.25, 0.3) is 11.1 Å². The molecule has 0 radical (unpaired) electrons. The lowest BCUT2D eigenvalue weighted by molar-refractivity contribution is -0.141. The number of carbonyl (C=O) groups excluding carboxylic acids is 1. The maximum absolute atomic E-state index is 12.7. The summed E-state index contributed by atoms with van der Waals surface area (Å²) in [5.74, 6) is 0.304. The summed E-state index contributed by atoms with van der Waals surface area (Å²) in [7, 11) is 0. The number of alkyl halides is 3. The fourth-order valence-corrected chi connectivity index (χ4v) is 3.47. The fraction of sp³-hybridized carbons (Fsp3) is 0.240. The van der Waals surface area contributed by atoms with Gasteiger partial charge >= 0.3 is 6.18 Å². The lowest BCUT2D eigenvalue weighted by atomic mass is 10.1. The number of aromatic nitrogens is 4. The lowest BCUT2D eigenvalue weighted by Gasteiger charge is -2.08. The molecule has 10 heteroatoms. The normalized spacial score (nSPS) is 11.4. The van der Waals surface area contributed by atoms with Gasteiger partial charge in [-0.15, -0.1) is 0 Å². The van der Waals surface area contributed by atoms with Gasteiger partial charge in [0.2, 0.25) is 0 Å². The Balaban J connectivity index is 1.22. The number of benzene rings is 2.